The second kappa shape index (κ2) is 5.73. The first-order valence-electron chi connectivity index (χ1n) is 5.91. The number of benzene rings is 1. The number of hydrogen-bond acceptors (Lipinski definition) is 4. The van der Waals surface area contributed by atoms with Crippen LogP contribution in [0.2, 0.25) is 5.02 Å². The van der Waals surface area contributed by atoms with Crippen molar-refractivity contribution in [2.75, 3.05) is 5.73 Å². The Morgan fingerprint density at radius 2 is 2.10 bits per heavy atom. The van der Waals surface area contributed by atoms with Crippen molar-refractivity contribution in [2.45, 2.75) is 24.8 Å². The van der Waals surface area contributed by atoms with Crippen LogP contribution in [0, 0.1) is 6.92 Å². The first kappa shape index (κ1) is 15.3. The molecule has 2 aromatic rings. The molecule has 0 bridgehead atoms. The predicted octanol–water partition coefficient (Wildman–Crippen LogP) is 3.33. The number of nitrogens with one attached hydrogen (secondary N) is 1. The molecule has 7 heteroatoms. The van der Waals surface area contributed by atoms with Crippen molar-refractivity contribution in [1.82, 2.24) is 4.72 Å². The van der Waals surface area contributed by atoms with Crippen LogP contribution in [0.1, 0.15) is 24.1 Å². The number of nitrogen functional groups attached to an aromatic ring is 1. The molecule has 1 aromatic heterocycles. The van der Waals surface area contributed by atoms with E-state index < -0.39 is 10.0 Å². The van der Waals surface area contributed by atoms with Crippen LogP contribution < -0.4 is 10.5 Å². The van der Waals surface area contributed by atoms with Gasteiger partial charge in [-0.3, -0.25) is 0 Å². The Kier molecular flexibility index (Phi) is 4.39. The molecule has 1 atom stereocenters. The third-order valence-electron chi connectivity index (χ3n) is 3.04. The van der Waals surface area contributed by atoms with Gasteiger partial charge < -0.3 is 5.73 Å². The van der Waals surface area contributed by atoms with Gasteiger partial charge in [-0.1, -0.05) is 11.6 Å². The second-order valence-electron chi connectivity index (χ2n) is 4.52. The number of thiophene rings is 1. The van der Waals surface area contributed by atoms with Gasteiger partial charge >= 0.3 is 0 Å². The smallest absolute Gasteiger partial charge is 0.241 e. The molecule has 2 rings (SSSR count). The van der Waals surface area contributed by atoms with Gasteiger partial charge in [-0.15, -0.1) is 0 Å². The van der Waals surface area contributed by atoms with E-state index in [4.69, 9.17) is 17.3 Å². The normalized spacial score (nSPS) is 13.3. The summed E-state index contributed by atoms with van der Waals surface area (Å²) in [5.74, 6) is 0. The molecule has 0 aliphatic heterocycles. The molecule has 1 aromatic carbocycles. The molecule has 0 spiro atoms. The van der Waals surface area contributed by atoms with Crippen molar-refractivity contribution in [3.63, 3.8) is 0 Å². The second-order valence-corrected chi connectivity index (χ2v) is 7.42. The van der Waals surface area contributed by atoms with Crippen LogP contribution in [-0.4, -0.2) is 8.42 Å². The number of nitrogens with two attached hydrogens (primary N) is 1. The van der Waals surface area contributed by atoms with Crippen LogP contribution in [0.4, 0.5) is 5.69 Å². The van der Waals surface area contributed by atoms with E-state index in [1.165, 1.54) is 23.5 Å². The van der Waals surface area contributed by atoms with Gasteiger partial charge in [-0.05, 0) is 53.9 Å². The Hall–Kier alpha value is -1.08. The Morgan fingerprint density at radius 3 is 2.65 bits per heavy atom. The third kappa shape index (κ3) is 3.15. The third-order valence-corrected chi connectivity index (χ3v) is 5.66. The minimum absolute atomic E-state index is 0.0766. The van der Waals surface area contributed by atoms with Gasteiger partial charge in [0.25, 0.3) is 0 Å². The van der Waals surface area contributed by atoms with Gasteiger partial charge in [0.2, 0.25) is 10.0 Å². The van der Waals surface area contributed by atoms with Gasteiger partial charge in [0.15, 0.2) is 0 Å². The van der Waals surface area contributed by atoms with E-state index in [-0.39, 0.29) is 10.9 Å². The highest BCUT2D eigenvalue weighted by molar-refractivity contribution is 7.89. The average molecular weight is 331 g/mol. The number of rotatable bonds is 4. The minimum atomic E-state index is -3.66. The lowest BCUT2D eigenvalue weighted by atomic mass is 10.2. The molecule has 1 heterocycles. The van der Waals surface area contributed by atoms with Crippen molar-refractivity contribution in [1.29, 1.82) is 0 Å². The van der Waals surface area contributed by atoms with Crippen molar-refractivity contribution in [2.24, 2.45) is 0 Å². The molecule has 0 saturated heterocycles. The standard InChI is InChI=1S/C13H15ClN2O2S2/c1-8-12(14)5-11(6-13(8)15)20(17,18)16-9(2)10-3-4-19-7-10/h3-7,9,16H,15H2,1-2H3. The molecule has 3 N–H and O–H groups in total. The van der Waals surface area contributed by atoms with Gasteiger partial charge in [0, 0.05) is 16.8 Å². The van der Waals surface area contributed by atoms with Crippen LogP contribution in [0.25, 0.3) is 0 Å². The van der Waals surface area contributed by atoms with Crippen LogP contribution in [0.15, 0.2) is 33.9 Å². The fraction of sp³-hybridized carbons (Fsp3) is 0.231. The van der Waals surface area contributed by atoms with Crippen LogP contribution in [-0.2, 0) is 10.0 Å². The monoisotopic (exact) mass is 330 g/mol. The Morgan fingerprint density at radius 1 is 1.40 bits per heavy atom. The zero-order valence-electron chi connectivity index (χ0n) is 11.1. The highest BCUT2D eigenvalue weighted by Gasteiger charge is 2.20. The molecular weight excluding hydrogens is 316 g/mol. The first-order chi connectivity index (χ1) is 9.31. The van der Waals surface area contributed by atoms with E-state index in [2.05, 4.69) is 4.72 Å². The summed E-state index contributed by atoms with van der Waals surface area (Å²) in [4.78, 5) is 0.0766. The maximum atomic E-state index is 12.3. The predicted molar refractivity (Wildman–Crippen MR) is 83.7 cm³/mol. The number of halogens is 1. The summed E-state index contributed by atoms with van der Waals surface area (Å²) in [6.45, 7) is 3.54. The van der Waals surface area contributed by atoms with Gasteiger partial charge in [0.05, 0.1) is 4.90 Å². The summed E-state index contributed by atoms with van der Waals surface area (Å²) in [6, 6.07) is 4.40. The number of hydrogen-bond donors (Lipinski definition) is 2. The minimum Gasteiger partial charge on any atom is -0.398 e. The maximum Gasteiger partial charge on any atom is 0.241 e. The van der Waals surface area contributed by atoms with E-state index in [0.717, 1.165) is 5.56 Å². The van der Waals surface area contributed by atoms with Crippen LogP contribution >= 0.6 is 22.9 Å². The lowest BCUT2D eigenvalue weighted by Gasteiger charge is -2.14. The molecule has 4 nitrogen and oxygen atoms in total. The average Bonchev–Trinajstić information content (AvgIpc) is 2.88. The molecule has 0 radical (unpaired) electrons. The van der Waals surface area contributed by atoms with E-state index in [1.807, 2.05) is 16.8 Å². The summed E-state index contributed by atoms with van der Waals surface area (Å²) >= 11 is 7.51. The molecule has 0 fully saturated rings. The molecule has 0 aliphatic carbocycles. The number of sulfonamides is 1. The van der Waals surface area contributed by atoms with Crippen molar-refractivity contribution >= 4 is 38.6 Å². The summed E-state index contributed by atoms with van der Waals surface area (Å²) in [6.07, 6.45) is 0. The van der Waals surface area contributed by atoms with Gasteiger partial charge in [-0.25, -0.2) is 13.1 Å². The van der Waals surface area contributed by atoms with Crippen LogP contribution in [0.3, 0.4) is 0 Å². The largest absolute Gasteiger partial charge is 0.398 e. The maximum absolute atomic E-state index is 12.3. The molecule has 0 aliphatic rings. The Labute approximate surface area is 127 Å². The molecular formula is C13H15ClN2O2S2. The highest BCUT2D eigenvalue weighted by atomic mass is 35.5. The van der Waals surface area contributed by atoms with Gasteiger partial charge in [-0.2, -0.15) is 11.3 Å². The molecule has 0 saturated carbocycles. The van der Waals surface area contributed by atoms with Crippen molar-refractivity contribution in [3.8, 4) is 0 Å². The lowest BCUT2D eigenvalue weighted by Crippen LogP contribution is -2.26. The van der Waals surface area contributed by atoms with Gasteiger partial charge in [0.1, 0.15) is 0 Å². The first-order valence-corrected chi connectivity index (χ1v) is 8.71. The summed E-state index contributed by atoms with van der Waals surface area (Å²) < 4.78 is 27.3. The summed E-state index contributed by atoms with van der Waals surface area (Å²) in [5, 5.41) is 4.15. The fourth-order valence-corrected chi connectivity index (χ4v) is 4.06. The Balaban J connectivity index is 2.31. The lowest BCUT2D eigenvalue weighted by molar-refractivity contribution is 0.567. The van der Waals surface area contributed by atoms with Crippen molar-refractivity contribution < 1.29 is 8.42 Å². The SMILES string of the molecule is Cc1c(N)cc(S(=O)(=O)NC(C)c2ccsc2)cc1Cl. The molecule has 1 unspecified atom stereocenters. The number of anilines is 1. The van der Waals surface area contributed by atoms with E-state index in [0.29, 0.717) is 16.3 Å². The topological polar surface area (TPSA) is 72.2 Å². The highest BCUT2D eigenvalue weighted by Crippen LogP contribution is 2.27. The molecule has 20 heavy (non-hydrogen) atoms. The van der Waals surface area contributed by atoms with Crippen molar-refractivity contribution in [3.05, 3.63) is 45.1 Å². The fourth-order valence-electron chi connectivity index (χ4n) is 1.72. The van der Waals surface area contributed by atoms with E-state index in [1.54, 1.807) is 13.8 Å². The van der Waals surface area contributed by atoms with E-state index >= 15 is 0 Å². The van der Waals surface area contributed by atoms with E-state index in [9.17, 15) is 8.42 Å². The zero-order valence-corrected chi connectivity index (χ0v) is 13.4. The molecule has 108 valence electrons. The summed E-state index contributed by atoms with van der Waals surface area (Å²) in [5.41, 5.74) is 7.73. The Bertz CT molecular complexity index is 689. The zero-order chi connectivity index (χ0) is 14.9. The molecule has 0 amide bonds. The summed E-state index contributed by atoms with van der Waals surface area (Å²) in [7, 11) is -3.66. The quantitative estimate of drug-likeness (QED) is 0.844. The van der Waals surface area contributed by atoms with Crippen LogP contribution in [0.5, 0.6) is 0 Å².